The number of hydrogen-bond acceptors (Lipinski definition) is 2. The van der Waals surface area contributed by atoms with Crippen LogP contribution in [0.3, 0.4) is 0 Å². The molecule has 0 aliphatic rings. The zero-order chi connectivity index (χ0) is 12.1. The highest BCUT2D eigenvalue weighted by atomic mass is 35.5. The fourth-order valence-electron chi connectivity index (χ4n) is 1.54. The van der Waals surface area contributed by atoms with Gasteiger partial charge in [0.25, 0.3) is 0 Å². The van der Waals surface area contributed by atoms with Gasteiger partial charge in [0.05, 0.1) is 0 Å². The van der Waals surface area contributed by atoms with E-state index in [-0.39, 0.29) is 0 Å². The van der Waals surface area contributed by atoms with E-state index in [9.17, 15) is 0 Å². The molecule has 0 unspecified atom stereocenters. The Hall–Kier alpha value is -2.05. The summed E-state index contributed by atoms with van der Waals surface area (Å²) in [6.07, 6.45) is 3.70. The topological polar surface area (TPSA) is 41.1 Å². The first-order valence-electron chi connectivity index (χ1n) is 5.12. The molecule has 0 fully saturated rings. The van der Waals surface area contributed by atoms with E-state index >= 15 is 0 Å². The molecule has 0 aliphatic heterocycles. The van der Waals surface area contributed by atoms with Gasteiger partial charge in [0.2, 0.25) is 6.19 Å². The number of nitriles is 1. The summed E-state index contributed by atoms with van der Waals surface area (Å²) in [5, 5.41) is 9.32. The van der Waals surface area contributed by atoms with Crippen LogP contribution in [0.25, 0.3) is 0 Å². The van der Waals surface area contributed by atoms with E-state index in [2.05, 4.69) is 4.99 Å². The molecular formula is C13H10ClN3. The standard InChI is InChI=1S/C13H10ClN3/c14-12-6-4-11(5-7-12)9-17-8-2-1-3-13(17)16-10-15/h1-8H,9H2/b16-13+. The number of pyridine rings is 1. The van der Waals surface area contributed by atoms with E-state index in [1.54, 1.807) is 12.3 Å². The molecule has 0 saturated carbocycles. The van der Waals surface area contributed by atoms with Gasteiger partial charge in [-0.05, 0) is 29.8 Å². The summed E-state index contributed by atoms with van der Waals surface area (Å²) < 4.78 is 1.91. The van der Waals surface area contributed by atoms with Crippen LogP contribution < -0.4 is 5.49 Å². The lowest BCUT2D eigenvalue weighted by molar-refractivity contribution is 0.743. The lowest BCUT2D eigenvalue weighted by Crippen LogP contribution is -2.19. The first kappa shape index (κ1) is 11.4. The number of rotatable bonds is 2. The normalized spacial score (nSPS) is 11.2. The zero-order valence-electron chi connectivity index (χ0n) is 9.05. The molecule has 0 saturated heterocycles. The van der Waals surface area contributed by atoms with Crippen molar-refractivity contribution in [3.8, 4) is 6.19 Å². The van der Waals surface area contributed by atoms with Crippen molar-refractivity contribution >= 4 is 11.6 Å². The second-order valence-corrected chi connectivity index (χ2v) is 3.96. The van der Waals surface area contributed by atoms with Crippen LogP contribution in [0.15, 0.2) is 53.7 Å². The molecule has 1 heterocycles. The van der Waals surface area contributed by atoms with Gasteiger partial charge >= 0.3 is 0 Å². The third-order valence-electron chi connectivity index (χ3n) is 2.35. The second-order valence-electron chi connectivity index (χ2n) is 3.53. The van der Waals surface area contributed by atoms with Gasteiger partial charge in [0, 0.05) is 17.8 Å². The van der Waals surface area contributed by atoms with Crippen LogP contribution in [0.5, 0.6) is 0 Å². The van der Waals surface area contributed by atoms with Crippen molar-refractivity contribution in [3.05, 3.63) is 64.7 Å². The summed E-state index contributed by atoms with van der Waals surface area (Å²) in [6.45, 7) is 0.665. The zero-order valence-corrected chi connectivity index (χ0v) is 9.80. The van der Waals surface area contributed by atoms with Crippen molar-refractivity contribution in [2.24, 2.45) is 4.99 Å². The van der Waals surface area contributed by atoms with Gasteiger partial charge in [-0.15, -0.1) is 0 Å². The smallest absolute Gasteiger partial charge is 0.207 e. The molecule has 0 radical (unpaired) electrons. The minimum Gasteiger partial charge on any atom is -0.328 e. The first-order valence-corrected chi connectivity index (χ1v) is 5.50. The van der Waals surface area contributed by atoms with E-state index < -0.39 is 0 Å². The molecule has 0 N–H and O–H groups in total. The summed E-state index contributed by atoms with van der Waals surface area (Å²) >= 11 is 5.83. The molecule has 0 amide bonds. The van der Waals surface area contributed by atoms with Crippen molar-refractivity contribution in [2.45, 2.75) is 6.54 Å². The Morgan fingerprint density at radius 3 is 2.65 bits per heavy atom. The number of aromatic nitrogens is 1. The molecule has 1 aromatic carbocycles. The molecule has 3 nitrogen and oxygen atoms in total. The van der Waals surface area contributed by atoms with Crippen molar-refractivity contribution in [1.82, 2.24) is 4.57 Å². The van der Waals surface area contributed by atoms with Crippen molar-refractivity contribution < 1.29 is 0 Å². The van der Waals surface area contributed by atoms with Gasteiger partial charge in [-0.25, -0.2) is 0 Å². The first-order chi connectivity index (χ1) is 8.29. The highest BCUT2D eigenvalue weighted by Gasteiger charge is 1.96. The monoisotopic (exact) mass is 243 g/mol. The average Bonchev–Trinajstić information content (AvgIpc) is 2.35. The van der Waals surface area contributed by atoms with Gasteiger partial charge in [-0.3, -0.25) is 0 Å². The highest BCUT2D eigenvalue weighted by molar-refractivity contribution is 6.30. The molecule has 84 valence electrons. The summed E-state index contributed by atoms with van der Waals surface area (Å²) in [4.78, 5) is 3.76. The minimum atomic E-state index is 0.643. The van der Waals surface area contributed by atoms with Gasteiger partial charge < -0.3 is 4.57 Å². The van der Waals surface area contributed by atoms with E-state index in [0.717, 1.165) is 5.56 Å². The van der Waals surface area contributed by atoms with Crippen LogP contribution in [0.1, 0.15) is 5.56 Å². The molecule has 0 spiro atoms. The average molecular weight is 244 g/mol. The maximum Gasteiger partial charge on any atom is 0.207 e. The van der Waals surface area contributed by atoms with Crippen LogP contribution in [0, 0.1) is 11.5 Å². The largest absolute Gasteiger partial charge is 0.328 e. The third-order valence-corrected chi connectivity index (χ3v) is 2.60. The van der Waals surface area contributed by atoms with Crippen molar-refractivity contribution in [1.29, 1.82) is 5.26 Å². The Morgan fingerprint density at radius 2 is 1.94 bits per heavy atom. The summed E-state index contributed by atoms with van der Waals surface area (Å²) in [7, 11) is 0. The summed E-state index contributed by atoms with van der Waals surface area (Å²) in [5.74, 6) is 0. The highest BCUT2D eigenvalue weighted by Crippen LogP contribution is 2.09. The molecule has 17 heavy (non-hydrogen) atoms. The fraction of sp³-hybridized carbons (Fsp3) is 0.0769. The minimum absolute atomic E-state index is 0.643. The van der Waals surface area contributed by atoms with Gasteiger partial charge in [-0.1, -0.05) is 29.8 Å². The Kier molecular flexibility index (Phi) is 3.59. The van der Waals surface area contributed by atoms with Crippen LogP contribution in [-0.2, 0) is 6.54 Å². The predicted octanol–water partition coefficient (Wildman–Crippen LogP) is 2.57. The van der Waals surface area contributed by atoms with E-state index in [1.165, 1.54) is 0 Å². The van der Waals surface area contributed by atoms with Gasteiger partial charge in [0.15, 0.2) is 0 Å². The molecule has 1 aromatic heterocycles. The Balaban J connectivity index is 2.34. The molecule has 4 heteroatoms. The summed E-state index contributed by atoms with van der Waals surface area (Å²) in [6, 6.07) is 13.2. The van der Waals surface area contributed by atoms with Crippen LogP contribution >= 0.6 is 11.6 Å². The molecule has 0 bridgehead atoms. The van der Waals surface area contributed by atoms with Crippen LogP contribution in [0.4, 0.5) is 0 Å². The molecule has 2 rings (SSSR count). The lowest BCUT2D eigenvalue weighted by atomic mass is 10.2. The number of hydrogen-bond donors (Lipinski definition) is 0. The summed E-state index contributed by atoms with van der Waals surface area (Å²) in [5.41, 5.74) is 1.75. The molecule has 0 aliphatic carbocycles. The number of halogens is 1. The Labute approximate surface area is 104 Å². The van der Waals surface area contributed by atoms with Crippen LogP contribution in [-0.4, -0.2) is 4.57 Å². The van der Waals surface area contributed by atoms with Gasteiger partial charge in [-0.2, -0.15) is 10.3 Å². The van der Waals surface area contributed by atoms with E-state index in [0.29, 0.717) is 17.1 Å². The van der Waals surface area contributed by atoms with E-state index in [4.69, 9.17) is 16.9 Å². The Morgan fingerprint density at radius 1 is 1.18 bits per heavy atom. The quantitative estimate of drug-likeness (QED) is 0.748. The SMILES string of the molecule is N#C/N=c1\ccccn1Cc1ccc(Cl)cc1. The maximum atomic E-state index is 8.60. The number of nitrogens with zero attached hydrogens (tertiary/aromatic N) is 3. The third kappa shape index (κ3) is 2.96. The van der Waals surface area contributed by atoms with Crippen molar-refractivity contribution in [3.63, 3.8) is 0 Å². The number of benzene rings is 1. The van der Waals surface area contributed by atoms with E-state index in [1.807, 2.05) is 47.2 Å². The van der Waals surface area contributed by atoms with Gasteiger partial charge in [0.1, 0.15) is 5.49 Å². The fourth-order valence-corrected chi connectivity index (χ4v) is 1.67. The Bertz CT molecular complexity index is 606. The van der Waals surface area contributed by atoms with Crippen LogP contribution in [0.2, 0.25) is 5.02 Å². The molecular weight excluding hydrogens is 234 g/mol. The lowest BCUT2D eigenvalue weighted by Gasteiger charge is -2.06. The second kappa shape index (κ2) is 5.33. The maximum absolute atomic E-state index is 8.60. The predicted molar refractivity (Wildman–Crippen MR) is 66.2 cm³/mol. The van der Waals surface area contributed by atoms with Crippen molar-refractivity contribution in [2.75, 3.05) is 0 Å². The molecule has 2 aromatic rings. The molecule has 0 atom stereocenters.